The van der Waals surface area contributed by atoms with Crippen molar-refractivity contribution in [1.82, 2.24) is 0 Å². The van der Waals surface area contributed by atoms with Gasteiger partial charge in [0, 0.05) is 11.1 Å². The minimum absolute atomic E-state index is 0.293. The van der Waals surface area contributed by atoms with E-state index in [1.165, 1.54) is 7.11 Å². The molecule has 4 heteroatoms. The number of nitrogens with one attached hydrogen (secondary N) is 1. The number of hydrogen-bond acceptors (Lipinski definition) is 3. The maximum absolute atomic E-state index is 11.6. The number of ether oxygens (including phenoxy) is 1. The average Bonchev–Trinajstić information content (AvgIpc) is 2.28. The van der Waals surface area contributed by atoms with Gasteiger partial charge in [-0.05, 0) is 31.5 Å². The number of rotatable bonds is 5. The van der Waals surface area contributed by atoms with E-state index < -0.39 is 0 Å². The fourth-order valence-electron chi connectivity index (χ4n) is 1.69. The molecular formula is C13H18ClNO2. The maximum Gasteiger partial charge on any atom is 0.339 e. The zero-order valence-corrected chi connectivity index (χ0v) is 11.2. The van der Waals surface area contributed by atoms with E-state index in [2.05, 4.69) is 19.2 Å². The zero-order valence-electron chi connectivity index (χ0n) is 10.4. The average molecular weight is 256 g/mol. The maximum atomic E-state index is 11.6. The third-order valence-corrected chi connectivity index (χ3v) is 2.75. The molecule has 94 valence electrons. The quantitative estimate of drug-likeness (QED) is 0.815. The van der Waals surface area contributed by atoms with Crippen LogP contribution < -0.4 is 5.32 Å². The highest BCUT2D eigenvalue weighted by Gasteiger charge is 2.13. The summed E-state index contributed by atoms with van der Waals surface area (Å²) in [6, 6.07) is 5.40. The number of hydrogen-bond donors (Lipinski definition) is 1. The summed E-state index contributed by atoms with van der Waals surface area (Å²) in [6.07, 6.45) is 2.12. The summed E-state index contributed by atoms with van der Waals surface area (Å²) in [5.74, 6) is -0.354. The summed E-state index contributed by atoms with van der Waals surface area (Å²) in [5.41, 5.74) is 1.24. The second-order valence-electron chi connectivity index (χ2n) is 4.02. The van der Waals surface area contributed by atoms with Gasteiger partial charge in [-0.1, -0.05) is 24.9 Å². The highest BCUT2D eigenvalue weighted by molar-refractivity contribution is 6.31. The molecule has 0 aliphatic heterocycles. The van der Waals surface area contributed by atoms with Gasteiger partial charge in [0.2, 0.25) is 0 Å². The van der Waals surface area contributed by atoms with E-state index in [9.17, 15) is 4.79 Å². The highest BCUT2D eigenvalue weighted by Crippen LogP contribution is 2.23. The molecule has 3 nitrogen and oxygen atoms in total. The van der Waals surface area contributed by atoms with Crippen molar-refractivity contribution >= 4 is 23.3 Å². The molecule has 0 saturated heterocycles. The summed E-state index contributed by atoms with van der Waals surface area (Å²) in [4.78, 5) is 11.6. The van der Waals surface area contributed by atoms with Crippen LogP contribution in [0.1, 0.15) is 37.0 Å². The number of carbonyl (C=O) groups is 1. The molecule has 0 radical (unpaired) electrons. The normalized spacial score (nSPS) is 12.0. The summed E-state index contributed by atoms with van der Waals surface area (Å²) in [6.45, 7) is 4.20. The van der Waals surface area contributed by atoms with E-state index in [-0.39, 0.29) is 5.97 Å². The second kappa shape index (κ2) is 6.50. The Hall–Kier alpha value is -1.22. The molecule has 1 N–H and O–H groups in total. The standard InChI is InChI=1S/C13H18ClNO2/c1-4-5-9(2)15-12-8-10(14)6-7-11(12)13(16)17-3/h6-9,15H,4-5H2,1-3H3. The van der Waals surface area contributed by atoms with Crippen LogP contribution in [-0.2, 0) is 4.74 Å². The number of esters is 1. The molecule has 0 amide bonds. The first kappa shape index (κ1) is 13.8. The lowest BCUT2D eigenvalue weighted by molar-refractivity contribution is 0.0602. The summed E-state index contributed by atoms with van der Waals surface area (Å²) >= 11 is 5.93. The minimum atomic E-state index is -0.354. The van der Waals surface area contributed by atoms with E-state index in [0.29, 0.717) is 16.6 Å². The van der Waals surface area contributed by atoms with E-state index in [0.717, 1.165) is 18.5 Å². The van der Waals surface area contributed by atoms with Gasteiger partial charge in [-0.2, -0.15) is 0 Å². The van der Waals surface area contributed by atoms with Crippen LogP contribution in [-0.4, -0.2) is 19.1 Å². The highest BCUT2D eigenvalue weighted by atomic mass is 35.5. The lowest BCUT2D eigenvalue weighted by Crippen LogP contribution is -2.17. The Kier molecular flexibility index (Phi) is 5.29. The van der Waals surface area contributed by atoms with E-state index in [4.69, 9.17) is 16.3 Å². The number of carbonyl (C=O) groups excluding carboxylic acids is 1. The molecule has 0 aliphatic rings. The van der Waals surface area contributed by atoms with Crippen molar-refractivity contribution in [3.8, 4) is 0 Å². The van der Waals surface area contributed by atoms with Crippen molar-refractivity contribution in [1.29, 1.82) is 0 Å². The lowest BCUT2D eigenvalue weighted by atomic mass is 10.1. The molecule has 0 aromatic heterocycles. The summed E-state index contributed by atoms with van der Waals surface area (Å²) in [5, 5.41) is 3.88. The predicted molar refractivity (Wildman–Crippen MR) is 70.8 cm³/mol. The molecule has 1 aromatic carbocycles. The van der Waals surface area contributed by atoms with Crippen LogP contribution in [0.3, 0.4) is 0 Å². The molecule has 0 aliphatic carbocycles. The van der Waals surface area contributed by atoms with Gasteiger partial charge >= 0.3 is 5.97 Å². The first-order valence-electron chi connectivity index (χ1n) is 5.72. The molecule has 1 unspecified atom stereocenters. The van der Waals surface area contributed by atoms with E-state index in [1.54, 1.807) is 18.2 Å². The van der Waals surface area contributed by atoms with Gasteiger partial charge in [-0.25, -0.2) is 4.79 Å². The molecule has 0 bridgehead atoms. The molecule has 1 rings (SSSR count). The van der Waals surface area contributed by atoms with Crippen molar-refractivity contribution < 1.29 is 9.53 Å². The van der Waals surface area contributed by atoms with Gasteiger partial charge in [-0.3, -0.25) is 0 Å². The second-order valence-corrected chi connectivity index (χ2v) is 4.45. The summed E-state index contributed by atoms with van der Waals surface area (Å²) in [7, 11) is 1.37. The first-order valence-corrected chi connectivity index (χ1v) is 6.10. The molecule has 0 saturated carbocycles. The molecule has 1 aromatic rings. The van der Waals surface area contributed by atoms with Crippen LogP contribution in [0.15, 0.2) is 18.2 Å². The molecular weight excluding hydrogens is 238 g/mol. The van der Waals surface area contributed by atoms with Gasteiger partial charge < -0.3 is 10.1 Å². The Morgan fingerprint density at radius 2 is 2.24 bits per heavy atom. The Morgan fingerprint density at radius 3 is 2.82 bits per heavy atom. The number of anilines is 1. The van der Waals surface area contributed by atoms with Crippen LogP contribution in [0, 0.1) is 0 Å². The zero-order chi connectivity index (χ0) is 12.8. The van der Waals surface area contributed by atoms with Gasteiger partial charge in [0.15, 0.2) is 0 Å². The van der Waals surface area contributed by atoms with Crippen molar-refractivity contribution in [2.24, 2.45) is 0 Å². The van der Waals surface area contributed by atoms with Crippen molar-refractivity contribution in [2.45, 2.75) is 32.7 Å². The van der Waals surface area contributed by atoms with E-state index >= 15 is 0 Å². The van der Waals surface area contributed by atoms with E-state index in [1.807, 2.05) is 0 Å². The Labute approximate surface area is 107 Å². The van der Waals surface area contributed by atoms with Crippen LogP contribution in [0.4, 0.5) is 5.69 Å². The van der Waals surface area contributed by atoms with Gasteiger partial charge in [0.1, 0.15) is 0 Å². The third kappa shape index (κ3) is 3.93. The molecule has 0 spiro atoms. The Morgan fingerprint density at radius 1 is 1.53 bits per heavy atom. The fourth-order valence-corrected chi connectivity index (χ4v) is 1.87. The Balaban J connectivity index is 2.94. The first-order chi connectivity index (χ1) is 8.08. The molecule has 1 atom stereocenters. The van der Waals surface area contributed by atoms with Crippen LogP contribution in [0.25, 0.3) is 0 Å². The van der Waals surface area contributed by atoms with Crippen molar-refractivity contribution in [3.05, 3.63) is 28.8 Å². The monoisotopic (exact) mass is 255 g/mol. The van der Waals surface area contributed by atoms with Gasteiger partial charge in [0.05, 0.1) is 18.4 Å². The number of methoxy groups -OCH3 is 1. The molecule has 17 heavy (non-hydrogen) atoms. The lowest BCUT2D eigenvalue weighted by Gasteiger charge is -2.17. The Bertz CT molecular complexity index is 393. The topological polar surface area (TPSA) is 38.3 Å². The van der Waals surface area contributed by atoms with Gasteiger partial charge in [-0.15, -0.1) is 0 Å². The smallest absolute Gasteiger partial charge is 0.339 e. The number of benzene rings is 1. The summed E-state index contributed by atoms with van der Waals surface area (Å²) < 4.78 is 4.74. The largest absolute Gasteiger partial charge is 0.465 e. The van der Waals surface area contributed by atoms with Crippen LogP contribution in [0.2, 0.25) is 5.02 Å². The number of halogens is 1. The van der Waals surface area contributed by atoms with Crippen molar-refractivity contribution in [3.63, 3.8) is 0 Å². The van der Waals surface area contributed by atoms with Crippen molar-refractivity contribution in [2.75, 3.05) is 12.4 Å². The minimum Gasteiger partial charge on any atom is -0.465 e. The molecule has 0 fully saturated rings. The third-order valence-electron chi connectivity index (χ3n) is 2.51. The fraction of sp³-hybridized carbons (Fsp3) is 0.462. The SMILES string of the molecule is CCCC(C)Nc1cc(Cl)ccc1C(=O)OC. The predicted octanol–water partition coefficient (Wildman–Crippen LogP) is 3.73. The van der Waals surface area contributed by atoms with Gasteiger partial charge in [0.25, 0.3) is 0 Å². The van der Waals surface area contributed by atoms with Crippen LogP contribution >= 0.6 is 11.6 Å². The van der Waals surface area contributed by atoms with Crippen LogP contribution in [0.5, 0.6) is 0 Å². The molecule has 0 heterocycles.